The molecule has 0 saturated heterocycles. The molecule has 0 aromatic carbocycles. The van der Waals surface area contributed by atoms with Gasteiger partial charge >= 0.3 is 5.69 Å². The predicted molar refractivity (Wildman–Crippen MR) is 59.8 cm³/mol. The summed E-state index contributed by atoms with van der Waals surface area (Å²) in [7, 11) is 2.91. The van der Waals surface area contributed by atoms with Gasteiger partial charge in [0.05, 0.1) is 5.39 Å². The fraction of sp³-hybridized carbons (Fsp3) is 0.300. The SMILES string of the molecule is Cc1cc2c(=O)n(C)c(=O)[nH]c2n(C)c1=O. The fourth-order valence-corrected chi connectivity index (χ4v) is 1.67. The highest BCUT2D eigenvalue weighted by Gasteiger charge is 2.09. The summed E-state index contributed by atoms with van der Waals surface area (Å²) in [5.41, 5.74) is -0.437. The van der Waals surface area contributed by atoms with E-state index in [-0.39, 0.29) is 11.2 Å². The average Bonchev–Trinajstić information content (AvgIpc) is 2.25. The number of aromatic amines is 1. The molecule has 2 heterocycles. The van der Waals surface area contributed by atoms with E-state index in [0.717, 1.165) is 4.57 Å². The maximum atomic E-state index is 11.8. The molecule has 0 fully saturated rings. The summed E-state index contributed by atoms with van der Waals surface area (Å²) in [6, 6.07) is 1.50. The van der Waals surface area contributed by atoms with Crippen molar-refractivity contribution in [2.75, 3.05) is 0 Å². The van der Waals surface area contributed by atoms with Crippen LogP contribution in [0.3, 0.4) is 0 Å². The Kier molecular flexibility index (Phi) is 2.08. The van der Waals surface area contributed by atoms with Crippen molar-refractivity contribution in [2.45, 2.75) is 6.92 Å². The van der Waals surface area contributed by atoms with Gasteiger partial charge < -0.3 is 0 Å². The highest BCUT2D eigenvalue weighted by atomic mass is 16.2. The number of aryl methyl sites for hydroxylation is 2. The van der Waals surface area contributed by atoms with E-state index in [1.54, 1.807) is 6.92 Å². The summed E-state index contributed by atoms with van der Waals surface area (Å²) < 4.78 is 2.25. The Labute approximate surface area is 89.8 Å². The van der Waals surface area contributed by atoms with Crippen LogP contribution < -0.4 is 16.8 Å². The highest BCUT2D eigenvalue weighted by molar-refractivity contribution is 5.74. The molecule has 0 bridgehead atoms. The molecule has 2 aromatic rings. The summed E-state index contributed by atoms with van der Waals surface area (Å²) in [4.78, 5) is 37.3. The lowest BCUT2D eigenvalue weighted by Gasteiger charge is -2.06. The number of pyridine rings is 1. The first kappa shape index (κ1) is 10.4. The van der Waals surface area contributed by atoms with Crippen molar-refractivity contribution in [3.05, 3.63) is 42.8 Å². The van der Waals surface area contributed by atoms with Crippen LogP contribution in [-0.2, 0) is 14.1 Å². The van der Waals surface area contributed by atoms with E-state index in [2.05, 4.69) is 4.98 Å². The van der Waals surface area contributed by atoms with Gasteiger partial charge in [0.1, 0.15) is 5.65 Å². The van der Waals surface area contributed by atoms with Gasteiger partial charge in [0.15, 0.2) is 0 Å². The molecule has 84 valence electrons. The molecule has 1 N–H and O–H groups in total. The lowest BCUT2D eigenvalue weighted by atomic mass is 10.2. The second kappa shape index (κ2) is 3.19. The second-order valence-electron chi connectivity index (χ2n) is 3.75. The van der Waals surface area contributed by atoms with E-state index in [1.807, 2.05) is 0 Å². The van der Waals surface area contributed by atoms with Crippen LogP contribution in [0, 0.1) is 6.92 Å². The van der Waals surface area contributed by atoms with Crippen molar-refractivity contribution in [1.82, 2.24) is 14.1 Å². The van der Waals surface area contributed by atoms with Crippen molar-refractivity contribution >= 4 is 11.0 Å². The zero-order chi connectivity index (χ0) is 12.0. The Morgan fingerprint density at radius 2 is 1.69 bits per heavy atom. The highest BCUT2D eigenvalue weighted by Crippen LogP contribution is 2.02. The van der Waals surface area contributed by atoms with Crippen LogP contribution in [0.5, 0.6) is 0 Å². The standard InChI is InChI=1S/C10H11N3O3/c1-5-4-6-7(12(2)8(5)14)11-10(16)13(3)9(6)15/h4H,1-3H3,(H,11,16). The zero-order valence-corrected chi connectivity index (χ0v) is 9.20. The second-order valence-corrected chi connectivity index (χ2v) is 3.75. The molecule has 16 heavy (non-hydrogen) atoms. The largest absolute Gasteiger partial charge is 0.329 e. The molecule has 0 aliphatic heterocycles. The number of H-pyrrole nitrogens is 1. The monoisotopic (exact) mass is 221 g/mol. The van der Waals surface area contributed by atoms with Gasteiger partial charge in [-0.15, -0.1) is 0 Å². The summed E-state index contributed by atoms with van der Waals surface area (Å²) in [5.74, 6) is 0. The van der Waals surface area contributed by atoms with E-state index in [4.69, 9.17) is 0 Å². The molecule has 0 unspecified atom stereocenters. The van der Waals surface area contributed by atoms with Crippen LogP contribution in [0.4, 0.5) is 0 Å². The van der Waals surface area contributed by atoms with Crippen molar-refractivity contribution in [3.8, 4) is 0 Å². The molecule has 2 aromatic heterocycles. The molecule has 0 aliphatic carbocycles. The molecule has 0 radical (unpaired) electrons. The number of hydrogen-bond acceptors (Lipinski definition) is 3. The molecule has 0 saturated carbocycles. The smallest absolute Gasteiger partial charge is 0.297 e. The molecule has 0 aliphatic rings. The van der Waals surface area contributed by atoms with Crippen LogP contribution in [0.15, 0.2) is 20.4 Å². The van der Waals surface area contributed by atoms with Gasteiger partial charge in [-0.25, -0.2) is 4.79 Å². The van der Waals surface area contributed by atoms with Crippen LogP contribution >= 0.6 is 0 Å². The van der Waals surface area contributed by atoms with E-state index in [1.165, 1.54) is 24.7 Å². The molecule has 0 spiro atoms. The van der Waals surface area contributed by atoms with Crippen LogP contribution in [-0.4, -0.2) is 14.1 Å². The third-order valence-electron chi connectivity index (χ3n) is 2.66. The average molecular weight is 221 g/mol. The molecular weight excluding hydrogens is 210 g/mol. The lowest BCUT2D eigenvalue weighted by Crippen LogP contribution is -2.35. The number of nitrogens with one attached hydrogen (secondary N) is 1. The first-order valence-corrected chi connectivity index (χ1v) is 4.73. The Balaban J connectivity index is 3.22. The number of aromatic nitrogens is 3. The van der Waals surface area contributed by atoms with Gasteiger partial charge in [-0.3, -0.25) is 23.7 Å². The molecule has 0 atom stereocenters. The summed E-state index contributed by atoms with van der Waals surface area (Å²) in [5, 5.41) is 0.335. The molecule has 0 amide bonds. The number of hydrogen-bond donors (Lipinski definition) is 1. The quantitative estimate of drug-likeness (QED) is 0.635. The van der Waals surface area contributed by atoms with Crippen molar-refractivity contribution < 1.29 is 0 Å². The van der Waals surface area contributed by atoms with Crippen molar-refractivity contribution in [2.24, 2.45) is 14.1 Å². The van der Waals surface area contributed by atoms with Gasteiger partial charge in [-0.1, -0.05) is 0 Å². The van der Waals surface area contributed by atoms with Crippen molar-refractivity contribution in [1.29, 1.82) is 0 Å². The van der Waals surface area contributed by atoms with E-state index in [0.29, 0.717) is 10.9 Å². The topological polar surface area (TPSA) is 76.9 Å². The minimum atomic E-state index is -0.531. The summed E-state index contributed by atoms with van der Waals surface area (Å²) in [6.45, 7) is 1.63. The Morgan fingerprint density at radius 3 is 2.31 bits per heavy atom. The molecule has 6 heteroatoms. The third-order valence-corrected chi connectivity index (χ3v) is 2.66. The minimum absolute atomic E-state index is 0.226. The van der Waals surface area contributed by atoms with Gasteiger partial charge in [0.2, 0.25) is 0 Å². The van der Waals surface area contributed by atoms with Gasteiger partial charge in [0, 0.05) is 19.7 Å². The Bertz CT molecular complexity index is 749. The molecule has 6 nitrogen and oxygen atoms in total. The fourth-order valence-electron chi connectivity index (χ4n) is 1.67. The first-order chi connectivity index (χ1) is 7.43. The summed E-state index contributed by atoms with van der Waals surface area (Å²) in [6.07, 6.45) is 0. The van der Waals surface area contributed by atoms with Crippen LogP contribution in [0.25, 0.3) is 11.0 Å². The Hall–Kier alpha value is -2.11. The molecular formula is C10H11N3O3. The minimum Gasteiger partial charge on any atom is -0.297 e. The predicted octanol–water partition coefficient (Wildman–Crippen LogP) is -0.766. The number of fused-ring (bicyclic) bond motifs is 1. The normalized spacial score (nSPS) is 10.9. The number of nitrogens with zero attached hydrogens (tertiary/aromatic N) is 2. The number of rotatable bonds is 0. The van der Waals surface area contributed by atoms with E-state index < -0.39 is 11.2 Å². The third kappa shape index (κ3) is 1.23. The lowest BCUT2D eigenvalue weighted by molar-refractivity contribution is 0.772. The van der Waals surface area contributed by atoms with Gasteiger partial charge in [-0.05, 0) is 13.0 Å². The van der Waals surface area contributed by atoms with Crippen LogP contribution in [0.2, 0.25) is 0 Å². The van der Waals surface area contributed by atoms with Crippen molar-refractivity contribution in [3.63, 3.8) is 0 Å². The Morgan fingerprint density at radius 1 is 1.06 bits per heavy atom. The first-order valence-electron chi connectivity index (χ1n) is 4.73. The van der Waals surface area contributed by atoms with E-state index in [9.17, 15) is 14.4 Å². The summed E-state index contributed by atoms with van der Waals surface area (Å²) >= 11 is 0. The van der Waals surface area contributed by atoms with Gasteiger partial charge in [0.25, 0.3) is 11.1 Å². The van der Waals surface area contributed by atoms with Crippen LogP contribution in [0.1, 0.15) is 5.56 Å². The zero-order valence-electron chi connectivity index (χ0n) is 9.20. The maximum absolute atomic E-state index is 11.8. The maximum Gasteiger partial charge on any atom is 0.329 e. The molecule has 2 rings (SSSR count). The van der Waals surface area contributed by atoms with Gasteiger partial charge in [-0.2, -0.15) is 0 Å². The van der Waals surface area contributed by atoms with E-state index >= 15 is 0 Å².